The number of aromatic nitrogens is 2. The molecule has 0 aliphatic carbocycles. The van der Waals surface area contributed by atoms with Crippen molar-refractivity contribution in [3.8, 4) is 17.0 Å². The van der Waals surface area contributed by atoms with Crippen LogP contribution in [0.3, 0.4) is 0 Å². The van der Waals surface area contributed by atoms with Crippen molar-refractivity contribution in [2.45, 2.75) is 19.3 Å². The summed E-state index contributed by atoms with van der Waals surface area (Å²) >= 11 is 0. The maximum absolute atomic E-state index is 13.2. The summed E-state index contributed by atoms with van der Waals surface area (Å²) in [5, 5.41) is 2.84. The number of para-hydroxylation sites is 1. The summed E-state index contributed by atoms with van der Waals surface area (Å²) in [5.74, 6) is 0.985. The predicted octanol–water partition coefficient (Wildman–Crippen LogP) is 2.78. The summed E-state index contributed by atoms with van der Waals surface area (Å²) in [6, 6.07) is 15.5. The summed E-state index contributed by atoms with van der Waals surface area (Å²) in [7, 11) is 0. The Kier molecular flexibility index (Phi) is 5.34. The van der Waals surface area contributed by atoms with Gasteiger partial charge in [-0.25, -0.2) is 9.37 Å². The van der Waals surface area contributed by atoms with Crippen LogP contribution in [0, 0.1) is 5.82 Å². The molecule has 0 bridgehead atoms. The fourth-order valence-corrected chi connectivity index (χ4v) is 3.10. The molecule has 1 amide bonds. The van der Waals surface area contributed by atoms with Crippen molar-refractivity contribution in [3.63, 3.8) is 0 Å². The number of imidazole rings is 1. The number of amides is 1. The summed E-state index contributed by atoms with van der Waals surface area (Å²) in [5.41, 5.74) is 1.79. The third kappa shape index (κ3) is 4.20. The molecule has 0 fully saturated rings. The molecular formula is C21H20FN3O3. The smallest absolute Gasteiger partial charge is 0.258 e. The van der Waals surface area contributed by atoms with Crippen molar-refractivity contribution >= 4 is 5.91 Å². The summed E-state index contributed by atoms with van der Waals surface area (Å²) in [6.07, 6.45) is 1.59. The minimum atomic E-state index is -0.274. The zero-order chi connectivity index (χ0) is 19.3. The van der Waals surface area contributed by atoms with E-state index in [-0.39, 0.29) is 24.4 Å². The normalized spacial score (nSPS) is 15.7. The van der Waals surface area contributed by atoms with Crippen molar-refractivity contribution in [1.82, 2.24) is 14.9 Å². The molecule has 2 heterocycles. The van der Waals surface area contributed by atoms with Crippen molar-refractivity contribution in [2.24, 2.45) is 0 Å². The molecule has 1 aromatic heterocycles. The highest BCUT2D eigenvalue weighted by Crippen LogP contribution is 2.25. The number of benzene rings is 2. The van der Waals surface area contributed by atoms with Crippen LogP contribution in [0.4, 0.5) is 4.39 Å². The molecular weight excluding hydrogens is 361 g/mol. The van der Waals surface area contributed by atoms with E-state index in [0.717, 1.165) is 17.1 Å². The molecule has 144 valence electrons. The molecule has 0 saturated heterocycles. The molecule has 2 aromatic carbocycles. The van der Waals surface area contributed by atoms with Crippen LogP contribution < -0.4 is 10.1 Å². The summed E-state index contributed by atoms with van der Waals surface area (Å²) in [6.45, 7) is 1.25. The van der Waals surface area contributed by atoms with E-state index in [1.54, 1.807) is 30.5 Å². The summed E-state index contributed by atoms with van der Waals surface area (Å²) < 4.78 is 26.5. The van der Waals surface area contributed by atoms with Crippen LogP contribution >= 0.6 is 0 Å². The number of nitrogens with one attached hydrogen (secondary N) is 1. The zero-order valence-electron chi connectivity index (χ0n) is 15.2. The lowest BCUT2D eigenvalue weighted by molar-refractivity contribution is -0.124. The van der Waals surface area contributed by atoms with Crippen molar-refractivity contribution in [3.05, 3.63) is 72.4 Å². The van der Waals surface area contributed by atoms with E-state index in [9.17, 15) is 9.18 Å². The van der Waals surface area contributed by atoms with Crippen LogP contribution in [-0.4, -0.2) is 34.7 Å². The van der Waals surface area contributed by atoms with Gasteiger partial charge in [0.1, 0.15) is 24.0 Å². The molecule has 1 aliphatic rings. The Balaban J connectivity index is 1.33. The van der Waals surface area contributed by atoms with Gasteiger partial charge in [-0.2, -0.15) is 0 Å². The highest BCUT2D eigenvalue weighted by molar-refractivity contribution is 5.77. The van der Waals surface area contributed by atoms with Crippen LogP contribution in [0.2, 0.25) is 0 Å². The minimum Gasteiger partial charge on any atom is -0.484 e. The second-order valence-corrected chi connectivity index (χ2v) is 6.52. The second-order valence-electron chi connectivity index (χ2n) is 6.52. The first-order valence-corrected chi connectivity index (χ1v) is 9.05. The van der Waals surface area contributed by atoms with Crippen LogP contribution in [0.25, 0.3) is 11.3 Å². The molecule has 4 rings (SSSR count). The van der Waals surface area contributed by atoms with Crippen LogP contribution in [0.5, 0.6) is 5.75 Å². The lowest BCUT2D eigenvalue weighted by Gasteiger charge is -2.26. The fourth-order valence-electron chi connectivity index (χ4n) is 3.10. The Bertz CT molecular complexity index is 941. The van der Waals surface area contributed by atoms with Gasteiger partial charge in [0, 0.05) is 6.54 Å². The number of ether oxygens (including phenoxy) is 2. The quantitative estimate of drug-likeness (QED) is 0.713. The SMILES string of the molecule is O=C(COc1ccccc1)NCC1Cn2c(-c3ccc(F)cc3)cnc2CO1. The largest absolute Gasteiger partial charge is 0.484 e. The van der Waals surface area contributed by atoms with Gasteiger partial charge in [0.2, 0.25) is 0 Å². The van der Waals surface area contributed by atoms with Gasteiger partial charge in [-0.05, 0) is 42.0 Å². The second kappa shape index (κ2) is 8.22. The lowest BCUT2D eigenvalue weighted by atomic mass is 10.1. The van der Waals surface area contributed by atoms with Gasteiger partial charge in [0.05, 0.1) is 24.5 Å². The topological polar surface area (TPSA) is 65.4 Å². The Labute approximate surface area is 161 Å². The number of carbonyl (C=O) groups excluding carboxylic acids is 1. The van der Waals surface area contributed by atoms with E-state index in [0.29, 0.717) is 25.4 Å². The number of carbonyl (C=O) groups is 1. The molecule has 0 spiro atoms. The van der Waals surface area contributed by atoms with Crippen LogP contribution in [0.15, 0.2) is 60.8 Å². The maximum Gasteiger partial charge on any atom is 0.258 e. The van der Waals surface area contributed by atoms with Crippen LogP contribution in [-0.2, 0) is 22.7 Å². The Morgan fingerprint density at radius 2 is 2.00 bits per heavy atom. The number of fused-ring (bicyclic) bond motifs is 1. The van der Waals surface area contributed by atoms with Gasteiger partial charge in [0.25, 0.3) is 5.91 Å². The number of hydrogen-bond acceptors (Lipinski definition) is 4. The monoisotopic (exact) mass is 381 g/mol. The molecule has 3 aromatic rings. The first kappa shape index (κ1) is 18.2. The first-order chi connectivity index (χ1) is 13.7. The third-order valence-corrected chi connectivity index (χ3v) is 4.55. The number of hydrogen-bond donors (Lipinski definition) is 1. The van der Waals surface area contributed by atoms with E-state index in [4.69, 9.17) is 9.47 Å². The molecule has 1 N–H and O–H groups in total. The number of rotatable bonds is 6. The standard InChI is InChI=1S/C21H20FN3O3/c22-16-8-6-15(7-9-16)19-11-23-20-13-27-18(12-25(19)20)10-24-21(26)14-28-17-4-2-1-3-5-17/h1-9,11,18H,10,12-14H2,(H,24,26). The highest BCUT2D eigenvalue weighted by Gasteiger charge is 2.23. The van der Waals surface area contributed by atoms with Crippen molar-refractivity contribution < 1.29 is 18.7 Å². The molecule has 1 atom stereocenters. The first-order valence-electron chi connectivity index (χ1n) is 9.05. The van der Waals surface area contributed by atoms with Gasteiger partial charge in [-0.1, -0.05) is 18.2 Å². The van der Waals surface area contributed by atoms with E-state index in [1.807, 2.05) is 22.8 Å². The molecule has 1 aliphatic heterocycles. The molecule has 0 radical (unpaired) electrons. The van der Waals surface area contributed by atoms with Gasteiger partial charge >= 0.3 is 0 Å². The minimum absolute atomic E-state index is 0.0477. The maximum atomic E-state index is 13.2. The van der Waals surface area contributed by atoms with E-state index in [2.05, 4.69) is 10.3 Å². The Morgan fingerprint density at radius 1 is 1.21 bits per heavy atom. The number of halogens is 1. The average Bonchev–Trinajstić information content (AvgIpc) is 3.15. The lowest BCUT2D eigenvalue weighted by Crippen LogP contribution is -2.40. The molecule has 6 nitrogen and oxygen atoms in total. The van der Waals surface area contributed by atoms with Crippen LogP contribution in [0.1, 0.15) is 5.82 Å². The Hall–Kier alpha value is -3.19. The molecule has 1 unspecified atom stereocenters. The van der Waals surface area contributed by atoms with Gasteiger partial charge in [-0.3, -0.25) is 4.79 Å². The van der Waals surface area contributed by atoms with Crippen molar-refractivity contribution in [2.75, 3.05) is 13.2 Å². The molecule has 0 saturated carbocycles. The fraction of sp³-hybridized carbons (Fsp3) is 0.238. The van der Waals surface area contributed by atoms with E-state index >= 15 is 0 Å². The third-order valence-electron chi connectivity index (χ3n) is 4.55. The van der Waals surface area contributed by atoms with E-state index in [1.165, 1.54) is 12.1 Å². The highest BCUT2D eigenvalue weighted by atomic mass is 19.1. The van der Waals surface area contributed by atoms with Gasteiger partial charge in [0.15, 0.2) is 6.61 Å². The van der Waals surface area contributed by atoms with Gasteiger partial charge in [-0.15, -0.1) is 0 Å². The van der Waals surface area contributed by atoms with Crippen molar-refractivity contribution in [1.29, 1.82) is 0 Å². The van der Waals surface area contributed by atoms with E-state index < -0.39 is 0 Å². The Morgan fingerprint density at radius 3 is 2.79 bits per heavy atom. The molecule has 7 heteroatoms. The average molecular weight is 381 g/mol. The van der Waals surface area contributed by atoms with Gasteiger partial charge < -0.3 is 19.4 Å². The number of nitrogens with zero attached hydrogens (tertiary/aromatic N) is 2. The summed E-state index contributed by atoms with van der Waals surface area (Å²) in [4.78, 5) is 16.4. The molecule has 28 heavy (non-hydrogen) atoms. The predicted molar refractivity (Wildman–Crippen MR) is 101 cm³/mol. The zero-order valence-corrected chi connectivity index (χ0v) is 15.2.